The maximum atomic E-state index is 11.2. The third-order valence-electron chi connectivity index (χ3n) is 3.78. The van der Waals surface area contributed by atoms with Gasteiger partial charge in [0, 0.05) is 30.9 Å². The zero-order valence-corrected chi connectivity index (χ0v) is 13.4. The fourth-order valence-corrected chi connectivity index (χ4v) is 2.60. The van der Waals surface area contributed by atoms with E-state index in [9.17, 15) is 9.90 Å². The summed E-state index contributed by atoms with van der Waals surface area (Å²) < 4.78 is 0. The predicted molar refractivity (Wildman–Crippen MR) is 93.4 cm³/mol. The first kappa shape index (κ1) is 16.0. The average Bonchev–Trinajstić information content (AvgIpc) is 3.07. The molecule has 3 rings (SSSR count). The van der Waals surface area contributed by atoms with Gasteiger partial charge in [0.2, 0.25) is 5.91 Å². The quantitative estimate of drug-likeness (QED) is 0.674. The highest BCUT2D eigenvalue weighted by Gasteiger charge is 2.10. The van der Waals surface area contributed by atoms with Crippen molar-refractivity contribution < 1.29 is 9.90 Å². The zero-order valence-electron chi connectivity index (χ0n) is 13.4. The highest BCUT2D eigenvalue weighted by atomic mass is 16.3. The van der Waals surface area contributed by atoms with E-state index in [0.29, 0.717) is 6.42 Å². The van der Waals surface area contributed by atoms with Gasteiger partial charge in [0.05, 0.1) is 12.4 Å². The smallest absolute Gasteiger partial charge is 0.221 e. The van der Waals surface area contributed by atoms with E-state index in [0.717, 1.165) is 28.1 Å². The molecular weight excluding hydrogens is 302 g/mol. The molecule has 0 fully saturated rings. The molecular formula is C19H19N3O2. The lowest BCUT2D eigenvalue weighted by atomic mass is 10.00. The van der Waals surface area contributed by atoms with Gasteiger partial charge in [0.15, 0.2) is 0 Å². The number of carbonyl (C=O) groups excluding carboxylic acids is 1. The van der Waals surface area contributed by atoms with Gasteiger partial charge in [-0.15, -0.1) is 0 Å². The molecule has 0 aliphatic heterocycles. The van der Waals surface area contributed by atoms with Crippen molar-refractivity contribution in [1.82, 2.24) is 9.97 Å². The molecule has 1 atom stereocenters. The summed E-state index contributed by atoms with van der Waals surface area (Å²) in [5, 5.41) is 13.1. The molecule has 3 N–H and O–H groups in total. The highest BCUT2D eigenvalue weighted by molar-refractivity contribution is 5.89. The Balaban J connectivity index is 1.75. The van der Waals surface area contributed by atoms with Crippen LogP contribution in [0.2, 0.25) is 0 Å². The van der Waals surface area contributed by atoms with Crippen LogP contribution in [0.15, 0.2) is 61.1 Å². The fourth-order valence-electron chi connectivity index (χ4n) is 2.60. The van der Waals surface area contributed by atoms with Crippen molar-refractivity contribution in [2.24, 2.45) is 0 Å². The van der Waals surface area contributed by atoms with Crippen LogP contribution >= 0.6 is 0 Å². The lowest BCUT2D eigenvalue weighted by Gasteiger charge is -2.11. The van der Waals surface area contributed by atoms with Crippen LogP contribution in [0.5, 0.6) is 0 Å². The number of H-pyrrole nitrogens is 1. The number of aromatic amines is 1. The first-order chi connectivity index (χ1) is 11.6. The maximum absolute atomic E-state index is 11.2. The van der Waals surface area contributed by atoms with E-state index in [1.165, 1.54) is 6.92 Å². The van der Waals surface area contributed by atoms with Crippen molar-refractivity contribution in [3.05, 3.63) is 72.3 Å². The van der Waals surface area contributed by atoms with Gasteiger partial charge >= 0.3 is 0 Å². The first-order valence-electron chi connectivity index (χ1n) is 7.75. The predicted octanol–water partition coefficient (Wildman–Crippen LogP) is 3.31. The van der Waals surface area contributed by atoms with Gasteiger partial charge < -0.3 is 15.4 Å². The van der Waals surface area contributed by atoms with E-state index in [1.807, 2.05) is 48.5 Å². The number of benzene rings is 2. The minimum absolute atomic E-state index is 0.0931. The normalized spacial score (nSPS) is 11.9. The van der Waals surface area contributed by atoms with Crippen molar-refractivity contribution >= 4 is 11.6 Å². The molecule has 0 saturated carbocycles. The molecule has 1 unspecified atom stereocenters. The lowest BCUT2D eigenvalue weighted by Crippen LogP contribution is -2.05. The third kappa shape index (κ3) is 3.88. The summed E-state index contributed by atoms with van der Waals surface area (Å²) in [6, 6.07) is 15.5. The van der Waals surface area contributed by atoms with Crippen LogP contribution in [0, 0.1) is 0 Å². The van der Waals surface area contributed by atoms with Gasteiger partial charge in [-0.3, -0.25) is 4.79 Å². The molecule has 3 aromatic rings. The highest BCUT2D eigenvalue weighted by Crippen LogP contribution is 2.25. The molecule has 0 spiro atoms. The molecule has 0 radical (unpaired) electrons. The van der Waals surface area contributed by atoms with Crippen LogP contribution in [0.25, 0.3) is 11.1 Å². The van der Waals surface area contributed by atoms with Crippen molar-refractivity contribution in [3.8, 4) is 11.1 Å². The number of aliphatic hydroxyl groups is 1. The minimum Gasteiger partial charge on any atom is -0.388 e. The summed E-state index contributed by atoms with van der Waals surface area (Å²) in [7, 11) is 0. The Morgan fingerprint density at radius 1 is 1.21 bits per heavy atom. The van der Waals surface area contributed by atoms with Gasteiger partial charge in [-0.25, -0.2) is 4.98 Å². The number of nitrogens with zero attached hydrogens (tertiary/aromatic N) is 1. The van der Waals surface area contributed by atoms with E-state index in [-0.39, 0.29) is 5.91 Å². The molecule has 0 saturated heterocycles. The van der Waals surface area contributed by atoms with Crippen molar-refractivity contribution in [3.63, 3.8) is 0 Å². The van der Waals surface area contributed by atoms with Gasteiger partial charge in [-0.05, 0) is 28.8 Å². The summed E-state index contributed by atoms with van der Waals surface area (Å²) in [5.74, 6) is -0.0931. The number of anilines is 1. The number of nitrogens with one attached hydrogen (secondary N) is 2. The number of aliphatic hydroxyl groups excluding tert-OH is 1. The molecule has 1 heterocycles. The Hall–Kier alpha value is -2.92. The summed E-state index contributed by atoms with van der Waals surface area (Å²) >= 11 is 0. The molecule has 2 aromatic carbocycles. The van der Waals surface area contributed by atoms with Crippen molar-refractivity contribution in [1.29, 1.82) is 0 Å². The Labute approximate surface area is 140 Å². The largest absolute Gasteiger partial charge is 0.388 e. The standard InChI is InChI=1S/C19H19N3O2/c1-13(23)22-17-4-2-3-16(9-17)14-5-7-15(8-6-14)19(24)10-18-11-20-12-21-18/h2-9,11-12,19,24H,10H2,1H3,(H,20,21)(H,22,23). The molecule has 0 bridgehead atoms. The third-order valence-corrected chi connectivity index (χ3v) is 3.78. The molecule has 1 aromatic heterocycles. The number of amides is 1. The Morgan fingerprint density at radius 3 is 2.67 bits per heavy atom. The van der Waals surface area contributed by atoms with Crippen LogP contribution in [0.4, 0.5) is 5.69 Å². The molecule has 5 nitrogen and oxygen atoms in total. The van der Waals surface area contributed by atoms with Crippen LogP contribution in [-0.2, 0) is 11.2 Å². The van der Waals surface area contributed by atoms with Crippen LogP contribution in [-0.4, -0.2) is 21.0 Å². The van der Waals surface area contributed by atoms with Crippen LogP contribution < -0.4 is 5.32 Å². The van der Waals surface area contributed by atoms with Crippen molar-refractivity contribution in [2.45, 2.75) is 19.4 Å². The van der Waals surface area contributed by atoms with Crippen LogP contribution in [0.3, 0.4) is 0 Å². The number of hydrogen-bond acceptors (Lipinski definition) is 3. The minimum atomic E-state index is -0.579. The number of imidazole rings is 1. The second-order valence-corrected chi connectivity index (χ2v) is 5.68. The Morgan fingerprint density at radius 2 is 2.00 bits per heavy atom. The SMILES string of the molecule is CC(=O)Nc1cccc(-c2ccc(C(O)Cc3cnc[nH]3)cc2)c1. The number of carbonyl (C=O) groups is 1. The monoisotopic (exact) mass is 321 g/mol. The molecule has 0 aliphatic carbocycles. The Bertz CT molecular complexity index is 811. The van der Waals surface area contributed by atoms with E-state index in [1.54, 1.807) is 12.5 Å². The zero-order chi connectivity index (χ0) is 16.9. The maximum Gasteiger partial charge on any atom is 0.221 e. The fraction of sp³-hybridized carbons (Fsp3) is 0.158. The Kier molecular flexibility index (Phi) is 4.72. The van der Waals surface area contributed by atoms with Gasteiger partial charge in [0.1, 0.15) is 0 Å². The molecule has 1 amide bonds. The van der Waals surface area contributed by atoms with E-state index in [2.05, 4.69) is 15.3 Å². The van der Waals surface area contributed by atoms with Gasteiger partial charge in [-0.2, -0.15) is 0 Å². The lowest BCUT2D eigenvalue weighted by molar-refractivity contribution is -0.114. The molecule has 0 aliphatic rings. The number of aromatic nitrogens is 2. The molecule has 24 heavy (non-hydrogen) atoms. The summed E-state index contributed by atoms with van der Waals surface area (Å²) in [6.07, 6.45) is 3.24. The van der Waals surface area contributed by atoms with E-state index in [4.69, 9.17) is 0 Å². The second-order valence-electron chi connectivity index (χ2n) is 5.68. The topological polar surface area (TPSA) is 78.0 Å². The number of hydrogen-bond donors (Lipinski definition) is 3. The molecule has 122 valence electrons. The van der Waals surface area contributed by atoms with Gasteiger partial charge in [0.25, 0.3) is 0 Å². The van der Waals surface area contributed by atoms with E-state index < -0.39 is 6.10 Å². The molecule has 5 heteroatoms. The van der Waals surface area contributed by atoms with Crippen molar-refractivity contribution in [2.75, 3.05) is 5.32 Å². The van der Waals surface area contributed by atoms with Gasteiger partial charge in [-0.1, -0.05) is 36.4 Å². The summed E-state index contributed by atoms with van der Waals surface area (Å²) in [6.45, 7) is 1.49. The van der Waals surface area contributed by atoms with Crippen LogP contribution in [0.1, 0.15) is 24.3 Å². The van der Waals surface area contributed by atoms with E-state index >= 15 is 0 Å². The average molecular weight is 321 g/mol. The summed E-state index contributed by atoms with van der Waals surface area (Å²) in [4.78, 5) is 18.1. The number of rotatable bonds is 5. The first-order valence-corrected chi connectivity index (χ1v) is 7.75. The summed E-state index contributed by atoms with van der Waals surface area (Å²) in [5.41, 5.74) is 4.56. The second kappa shape index (κ2) is 7.10.